The zero-order valence-electron chi connectivity index (χ0n) is 25.1. The normalized spacial score (nSPS) is 14.7. The first-order chi connectivity index (χ1) is 18.3. The van der Waals surface area contributed by atoms with Crippen molar-refractivity contribution >= 4 is 21.5 Å². The molecule has 0 fully saturated rings. The Morgan fingerprint density at radius 2 is 0.789 bits per heavy atom. The summed E-state index contributed by atoms with van der Waals surface area (Å²) in [5, 5.41) is 4.01. The average Bonchev–Trinajstić information content (AvgIpc) is 2.86. The van der Waals surface area contributed by atoms with Crippen LogP contribution in [0, 0.1) is 0 Å². The first kappa shape index (κ1) is 29.9. The second-order valence-electron chi connectivity index (χ2n) is 10.9. The van der Waals surface area contributed by atoms with E-state index >= 15 is 0 Å². The predicted molar refractivity (Wildman–Crippen MR) is 161 cm³/mol. The van der Waals surface area contributed by atoms with Crippen LogP contribution in [0.15, 0.2) is 36.4 Å². The number of ether oxygens (including phenoxy) is 4. The zero-order chi connectivity index (χ0) is 27.7. The van der Waals surface area contributed by atoms with Gasteiger partial charge in [-0.05, 0) is 65.5 Å². The molecule has 38 heavy (non-hydrogen) atoms. The Bertz CT molecular complexity index is 1060. The van der Waals surface area contributed by atoms with Gasteiger partial charge in [-0.3, -0.25) is 0 Å². The highest BCUT2D eigenvalue weighted by atomic mass is 16.5. The number of hydrogen-bond donors (Lipinski definition) is 0. The molecule has 0 aliphatic heterocycles. The molecule has 4 atom stereocenters. The van der Waals surface area contributed by atoms with Crippen LogP contribution in [0.1, 0.15) is 107 Å². The lowest BCUT2D eigenvalue weighted by molar-refractivity contribution is 0.201. The maximum absolute atomic E-state index is 6.79. The van der Waals surface area contributed by atoms with E-state index in [0.717, 1.165) is 95.9 Å². The Labute approximate surface area is 231 Å². The second-order valence-corrected chi connectivity index (χ2v) is 10.9. The van der Waals surface area contributed by atoms with Crippen molar-refractivity contribution in [1.82, 2.24) is 0 Å². The van der Waals surface area contributed by atoms with Crippen molar-refractivity contribution in [3.05, 3.63) is 36.4 Å². The third kappa shape index (κ3) is 7.27. The smallest absolute Gasteiger partial charge is 0.139 e. The molecule has 4 unspecified atom stereocenters. The van der Waals surface area contributed by atoms with E-state index in [1.165, 1.54) is 0 Å². The molecule has 210 valence electrons. The Morgan fingerprint density at radius 1 is 0.474 bits per heavy atom. The lowest BCUT2D eigenvalue weighted by Gasteiger charge is -2.26. The molecule has 0 radical (unpaired) electrons. The first-order valence-corrected chi connectivity index (χ1v) is 15.0. The summed E-state index contributed by atoms with van der Waals surface area (Å²) in [7, 11) is 0. The van der Waals surface area contributed by atoms with Gasteiger partial charge in [0.15, 0.2) is 0 Å². The average molecular weight is 523 g/mol. The fraction of sp³-hybridized carbons (Fsp3) is 0.588. The van der Waals surface area contributed by atoms with Crippen LogP contribution in [-0.2, 0) is 0 Å². The Balaban J connectivity index is 2.38. The van der Waals surface area contributed by atoms with Crippen LogP contribution >= 0.6 is 0 Å². The number of rotatable bonds is 16. The summed E-state index contributed by atoms with van der Waals surface area (Å²) in [5.74, 6) is 3.42. The Hall–Kier alpha value is -2.62. The zero-order valence-corrected chi connectivity index (χ0v) is 25.1. The summed E-state index contributed by atoms with van der Waals surface area (Å²) in [4.78, 5) is 0. The molecule has 0 aromatic heterocycles. The molecule has 0 saturated heterocycles. The van der Waals surface area contributed by atoms with Crippen molar-refractivity contribution in [2.75, 3.05) is 0 Å². The molecule has 0 heterocycles. The lowest BCUT2D eigenvalue weighted by atomic mass is 9.98. The molecule has 0 aliphatic carbocycles. The Morgan fingerprint density at radius 3 is 1.11 bits per heavy atom. The molecular formula is C34H50O4. The van der Waals surface area contributed by atoms with Gasteiger partial charge >= 0.3 is 0 Å². The van der Waals surface area contributed by atoms with Gasteiger partial charge in [-0.2, -0.15) is 0 Å². The summed E-state index contributed by atoms with van der Waals surface area (Å²) in [6.45, 7) is 17.4. The molecule has 0 bridgehead atoms. The van der Waals surface area contributed by atoms with Gasteiger partial charge in [0.2, 0.25) is 0 Å². The van der Waals surface area contributed by atoms with Crippen LogP contribution in [0.4, 0.5) is 0 Å². The molecule has 0 amide bonds. The van der Waals surface area contributed by atoms with Gasteiger partial charge in [0.25, 0.3) is 0 Å². The van der Waals surface area contributed by atoms with E-state index in [4.69, 9.17) is 18.9 Å². The predicted octanol–water partition coefficient (Wildman–Crippen LogP) is 10.3. The minimum Gasteiger partial charge on any atom is -0.490 e. The molecule has 4 heteroatoms. The van der Waals surface area contributed by atoms with E-state index in [2.05, 4.69) is 91.8 Å². The summed E-state index contributed by atoms with van der Waals surface area (Å²) in [5.41, 5.74) is 0. The molecule has 0 aliphatic rings. The van der Waals surface area contributed by atoms with Crippen LogP contribution in [0.2, 0.25) is 0 Å². The lowest BCUT2D eigenvalue weighted by Crippen LogP contribution is -2.16. The minimum absolute atomic E-state index is 0.0712. The fourth-order valence-corrected chi connectivity index (χ4v) is 5.32. The van der Waals surface area contributed by atoms with Crippen LogP contribution in [0.3, 0.4) is 0 Å². The SMILES string of the molecule is CCCC(C)Oc1cccc2c(OC(C)CCC)c3c(OC(C)CCC)cccc3c(OC(C)CCC)c12. The number of fused-ring (bicyclic) bond motifs is 2. The van der Waals surface area contributed by atoms with Crippen molar-refractivity contribution in [1.29, 1.82) is 0 Å². The van der Waals surface area contributed by atoms with E-state index in [-0.39, 0.29) is 24.4 Å². The summed E-state index contributed by atoms with van der Waals surface area (Å²) in [6.07, 6.45) is 8.58. The Kier molecular flexibility index (Phi) is 11.4. The van der Waals surface area contributed by atoms with Crippen molar-refractivity contribution in [3.8, 4) is 23.0 Å². The molecule has 3 aromatic rings. The topological polar surface area (TPSA) is 36.9 Å². The minimum atomic E-state index is 0.0712. The van der Waals surface area contributed by atoms with Crippen LogP contribution in [0.5, 0.6) is 23.0 Å². The van der Waals surface area contributed by atoms with Crippen molar-refractivity contribution in [2.45, 2.75) is 131 Å². The van der Waals surface area contributed by atoms with Gasteiger partial charge in [-0.1, -0.05) is 77.6 Å². The highest BCUT2D eigenvalue weighted by Crippen LogP contribution is 2.50. The van der Waals surface area contributed by atoms with Gasteiger partial charge in [0, 0.05) is 10.8 Å². The van der Waals surface area contributed by atoms with E-state index in [0.29, 0.717) is 0 Å². The highest BCUT2D eigenvalue weighted by molar-refractivity contribution is 6.15. The van der Waals surface area contributed by atoms with Gasteiger partial charge in [0.1, 0.15) is 23.0 Å². The largest absolute Gasteiger partial charge is 0.490 e. The summed E-state index contributed by atoms with van der Waals surface area (Å²) < 4.78 is 26.7. The summed E-state index contributed by atoms with van der Waals surface area (Å²) >= 11 is 0. The molecular weight excluding hydrogens is 472 g/mol. The second kappa shape index (κ2) is 14.5. The fourth-order valence-electron chi connectivity index (χ4n) is 5.32. The molecule has 0 spiro atoms. The third-order valence-corrected chi connectivity index (χ3v) is 7.07. The van der Waals surface area contributed by atoms with E-state index in [1.54, 1.807) is 0 Å². The van der Waals surface area contributed by atoms with E-state index in [9.17, 15) is 0 Å². The van der Waals surface area contributed by atoms with Crippen LogP contribution in [0.25, 0.3) is 21.5 Å². The molecule has 3 aromatic carbocycles. The van der Waals surface area contributed by atoms with Gasteiger partial charge in [-0.15, -0.1) is 0 Å². The van der Waals surface area contributed by atoms with E-state index < -0.39 is 0 Å². The molecule has 3 rings (SSSR count). The maximum atomic E-state index is 6.79. The molecule has 0 saturated carbocycles. The standard InChI is InChI=1S/C34H50O4/c1-9-15-23(5)35-29-21-13-19-27-31(29)33(37-25(7)17-11-3)28-20-14-22-30(36-24(6)16-10-2)32(28)34(27)38-26(8)18-12-4/h13-14,19-26H,9-12,15-18H2,1-8H3. The van der Waals surface area contributed by atoms with Gasteiger partial charge < -0.3 is 18.9 Å². The number of hydrogen-bond acceptors (Lipinski definition) is 4. The van der Waals surface area contributed by atoms with Crippen LogP contribution in [-0.4, -0.2) is 24.4 Å². The van der Waals surface area contributed by atoms with Gasteiger partial charge in [-0.25, -0.2) is 0 Å². The van der Waals surface area contributed by atoms with Crippen molar-refractivity contribution in [3.63, 3.8) is 0 Å². The van der Waals surface area contributed by atoms with Crippen molar-refractivity contribution < 1.29 is 18.9 Å². The quantitative estimate of drug-likeness (QED) is 0.175. The van der Waals surface area contributed by atoms with Gasteiger partial charge in [0.05, 0.1) is 35.2 Å². The van der Waals surface area contributed by atoms with Crippen molar-refractivity contribution in [2.24, 2.45) is 0 Å². The summed E-state index contributed by atoms with van der Waals surface area (Å²) in [6, 6.07) is 12.6. The maximum Gasteiger partial charge on any atom is 0.139 e. The van der Waals surface area contributed by atoms with Crippen LogP contribution < -0.4 is 18.9 Å². The molecule has 4 nitrogen and oxygen atoms in total. The first-order valence-electron chi connectivity index (χ1n) is 15.0. The third-order valence-electron chi connectivity index (χ3n) is 7.07. The number of benzene rings is 3. The monoisotopic (exact) mass is 522 g/mol. The highest BCUT2D eigenvalue weighted by Gasteiger charge is 2.25. The van der Waals surface area contributed by atoms with E-state index in [1.807, 2.05) is 0 Å². The molecule has 0 N–H and O–H groups in total.